The molecule has 0 spiro atoms. The van der Waals surface area contributed by atoms with Crippen molar-refractivity contribution in [1.82, 2.24) is 19.7 Å². The molecule has 1 N–H and O–H groups in total. The second kappa shape index (κ2) is 6.22. The van der Waals surface area contributed by atoms with E-state index in [1.165, 1.54) is 0 Å². The first-order chi connectivity index (χ1) is 10.2. The Morgan fingerprint density at radius 1 is 1.43 bits per heavy atom. The van der Waals surface area contributed by atoms with Crippen molar-refractivity contribution in [1.29, 1.82) is 0 Å². The molecule has 6 heteroatoms. The molecule has 0 saturated carbocycles. The highest BCUT2D eigenvalue weighted by atomic mass is 16.5. The van der Waals surface area contributed by atoms with Crippen LogP contribution in [0.4, 0.5) is 5.69 Å². The van der Waals surface area contributed by atoms with Crippen LogP contribution in [0.25, 0.3) is 0 Å². The van der Waals surface area contributed by atoms with Crippen molar-refractivity contribution in [2.75, 3.05) is 11.9 Å². The quantitative estimate of drug-likeness (QED) is 0.914. The predicted octanol–water partition coefficient (Wildman–Crippen LogP) is 2.33. The number of hydrogen-bond donors (Lipinski definition) is 1. The molecular weight excluding hydrogens is 266 g/mol. The number of aromatic nitrogens is 4. The van der Waals surface area contributed by atoms with Crippen molar-refractivity contribution in [2.24, 2.45) is 0 Å². The van der Waals surface area contributed by atoms with Crippen LogP contribution >= 0.6 is 0 Å². The Morgan fingerprint density at radius 2 is 2.29 bits per heavy atom. The lowest BCUT2D eigenvalue weighted by atomic mass is 10.2. The summed E-state index contributed by atoms with van der Waals surface area (Å²) < 4.78 is 7.57. The van der Waals surface area contributed by atoms with Crippen LogP contribution in [0.15, 0.2) is 24.8 Å². The number of hydrogen-bond acceptors (Lipinski definition) is 5. The van der Waals surface area contributed by atoms with Gasteiger partial charge in [0.05, 0.1) is 42.0 Å². The maximum absolute atomic E-state index is 5.63. The molecule has 2 aromatic rings. The first-order valence-electron chi connectivity index (χ1n) is 7.40. The molecule has 1 aliphatic rings. The molecule has 2 atom stereocenters. The molecule has 0 radical (unpaired) electrons. The molecule has 0 bridgehead atoms. The Bertz CT molecular complexity index is 591. The van der Waals surface area contributed by atoms with Crippen molar-refractivity contribution < 1.29 is 4.74 Å². The predicted molar refractivity (Wildman–Crippen MR) is 80.0 cm³/mol. The SMILES string of the molecule is Cc1nccnc1C(C)Nc1cnn(CC2CCCO2)c1. The molecule has 1 aliphatic heterocycles. The molecule has 1 saturated heterocycles. The third kappa shape index (κ3) is 3.39. The van der Waals surface area contributed by atoms with E-state index in [2.05, 4.69) is 27.3 Å². The summed E-state index contributed by atoms with van der Waals surface area (Å²) in [6.07, 6.45) is 9.88. The van der Waals surface area contributed by atoms with E-state index in [1.54, 1.807) is 12.4 Å². The van der Waals surface area contributed by atoms with Crippen LogP contribution < -0.4 is 5.32 Å². The fourth-order valence-corrected chi connectivity index (χ4v) is 2.70. The monoisotopic (exact) mass is 287 g/mol. The summed E-state index contributed by atoms with van der Waals surface area (Å²) in [6, 6.07) is 0.0964. The van der Waals surface area contributed by atoms with E-state index in [0.29, 0.717) is 6.10 Å². The molecule has 112 valence electrons. The van der Waals surface area contributed by atoms with Crippen LogP contribution in [0, 0.1) is 6.92 Å². The van der Waals surface area contributed by atoms with E-state index in [-0.39, 0.29) is 6.04 Å². The Morgan fingerprint density at radius 3 is 3.05 bits per heavy atom. The van der Waals surface area contributed by atoms with Crippen LogP contribution in [-0.4, -0.2) is 32.5 Å². The maximum atomic E-state index is 5.63. The average molecular weight is 287 g/mol. The lowest BCUT2D eigenvalue weighted by molar-refractivity contribution is 0.0940. The van der Waals surface area contributed by atoms with Gasteiger partial charge in [0.25, 0.3) is 0 Å². The first kappa shape index (κ1) is 14.0. The van der Waals surface area contributed by atoms with Gasteiger partial charge in [0, 0.05) is 25.2 Å². The minimum absolute atomic E-state index is 0.0964. The normalized spacial score (nSPS) is 19.6. The van der Waals surface area contributed by atoms with Crippen LogP contribution in [0.1, 0.15) is 37.2 Å². The van der Waals surface area contributed by atoms with Crippen LogP contribution in [0.3, 0.4) is 0 Å². The molecular formula is C15H21N5O. The van der Waals surface area contributed by atoms with E-state index < -0.39 is 0 Å². The van der Waals surface area contributed by atoms with Gasteiger partial charge in [-0.2, -0.15) is 5.10 Å². The number of rotatable bonds is 5. The van der Waals surface area contributed by atoms with Gasteiger partial charge in [0.1, 0.15) is 0 Å². The zero-order chi connectivity index (χ0) is 14.7. The standard InChI is InChI=1S/C15H21N5O/c1-11-15(17-6-5-16-11)12(2)19-13-8-18-20(9-13)10-14-4-3-7-21-14/h5-6,8-9,12,14,19H,3-4,7,10H2,1-2H3. The van der Waals surface area contributed by atoms with Crippen molar-refractivity contribution >= 4 is 5.69 Å². The summed E-state index contributed by atoms with van der Waals surface area (Å²) in [4.78, 5) is 8.67. The highest BCUT2D eigenvalue weighted by Crippen LogP contribution is 2.19. The van der Waals surface area contributed by atoms with Gasteiger partial charge < -0.3 is 10.1 Å². The minimum atomic E-state index is 0.0964. The van der Waals surface area contributed by atoms with Crippen molar-refractivity contribution in [3.8, 4) is 0 Å². The van der Waals surface area contributed by atoms with Gasteiger partial charge in [0.15, 0.2) is 0 Å². The Kier molecular flexibility index (Phi) is 4.15. The van der Waals surface area contributed by atoms with E-state index in [1.807, 2.05) is 24.0 Å². The van der Waals surface area contributed by atoms with Crippen LogP contribution in [-0.2, 0) is 11.3 Å². The number of nitrogens with one attached hydrogen (secondary N) is 1. The molecule has 2 aromatic heterocycles. The summed E-state index contributed by atoms with van der Waals surface area (Å²) >= 11 is 0. The fraction of sp³-hybridized carbons (Fsp3) is 0.533. The van der Waals surface area contributed by atoms with Gasteiger partial charge in [-0.05, 0) is 26.7 Å². The van der Waals surface area contributed by atoms with Gasteiger partial charge in [-0.15, -0.1) is 0 Å². The molecule has 6 nitrogen and oxygen atoms in total. The molecule has 3 rings (SSSR count). The molecule has 3 heterocycles. The molecule has 2 unspecified atom stereocenters. The van der Waals surface area contributed by atoms with Gasteiger partial charge in [-0.1, -0.05) is 0 Å². The minimum Gasteiger partial charge on any atom is -0.376 e. The molecule has 0 aromatic carbocycles. The van der Waals surface area contributed by atoms with Gasteiger partial charge >= 0.3 is 0 Å². The largest absolute Gasteiger partial charge is 0.376 e. The zero-order valence-corrected chi connectivity index (χ0v) is 12.5. The Labute approximate surface area is 124 Å². The van der Waals surface area contributed by atoms with Crippen LogP contribution in [0.2, 0.25) is 0 Å². The van der Waals surface area contributed by atoms with E-state index in [0.717, 1.165) is 43.1 Å². The Hall–Kier alpha value is -1.95. The summed E-state index contributed by atoms with van der Waals surface area (Å²) in [6.45, 7) is 5.75. The molecule has 1 fully saturated rings. The van der Waals surface area contributed by atoms with Crippen molar-refractivity contribution in [3.63, 3.8) is 0 Å². The first-order valence-corrected chi connectivity index (χ1v) is 7.40. The fourth-order valence-electron chi connectivity index (χ4n) is 2.70. The summed E-state index contributed by atoms with van der Waals surface area (Å²) in [5, 5.41) is 7.80. The second-order valence-corrected chi connectivity index (χ2v) is 5.48. The number of aryl methyl sites for hydroxylation is 1. The van der Waals surface area contributed by atoms with Gasteiger partial charge in [-0.3, -0.25) is 14.6 Å². The highest BCUT2D eigenvalue weighted by molar-refractivity contribution is 5.40. The number of anilines is 1. The third-order valence-corrected chi connectivity index (χ3v) is 3.76. The summed E-state index contributed by atoms with van der Waals surface area (Å²) in [5.41, 5.74) is 2.90. The molecule has 0 amide bonds. The van der Waals surface area contributed by atoms with Crippen molar-refractivity contribution in [3.05, 3.63) is 36.2 Å². The molecule has 0 aliphatic carbocycles. The van der Waals surface area contributed by atoms with Crippen molar-refractivity contribution in [2.45, 2.75) is 45.4 Å². The average Bonchev–Trinajstić information content (AvgIpc) is 3.12. The summed E-state index contributed by atoms with van der Waals surface area (Å²) in [5.74, 6) is 0. The lowest BCUT2D eigenvalue weighted by Gasteiger charge is -2.14. The third-order valence-electron chi connectivity index (χ3n) is 3.76. The second-order valence-electron chi connectivity index (χ2n) is 5.48. The van der Waals surface area contributed by atoms with Gasteiger partial charge in [-0.25, -0.2) is 0 Å². The Balaban J connectivity index is 1.62. The summed E-state index contributed by atoms with van der Waals surface area (Å²) in [7, 11) is 0. The van der Waals surface area contributed by atoms with E-state index >= 15 is 0 Å². The van der Waals surface area contributed by atoms with Gasteiger partial charge in [0.2, 0.25) is 0 Å². The molecule has 21 heavy (non-hydrogen) atoms. The maximum Gasteiger partial charge on any atom is 0.0835 e. The topological polar surface area (TPSA) is 64.9 Å². The van der Waals surface area contributed by atoms with E-state index in [4.69, 9.17) is 4.74 Å². The smallest absolute Gasteiger partial charge is 0.0835 e. The van der Waals surface area contributed by atoms with E-state index in [9.17, 15) is 0 Å². The number of ether oxygens (including phenoxy) is 1. The number of nitrogens with zero attached hydrogens (tertiary/aromatic N) is 4. The van der Waals surface area contributed by atoms with Crippen LogP contribution in [0.5, 0.6) is 0 Å². The zero-order valence-electron chi connectivity index (χ0n) is 12.5. The highest BCUT2D eigenvalue weighted by Gasteiger charge is 2.17. The lowest BCUT2D eigenvalue weighted by Crippen LogP contribution is -2.15.